The molecule has 1 fully saturated rings. The first-order chi connectivity index (χ1) is 12.2. The number of aromatic hydroxyl groups is 1. The van der Waals surface area contributed by atoms with E-state index in [9.17, 15) is 9.90 Å². The Morgan fingerprint density at radius 3 is 2.68 bits per heavy atom. The largest absolute Gasteiger partial charge is 0.508 e. The number of hydrogen-bond donors (Lipinski definition) is 2. The summed E-state index contributed by atoms with van der Waals surface area (Å²) in [7, 11) is 0. The smallest absolute Gasteiger partial charge is 0.251 e. The van der Waals surface area contributed by atoms with Crippen molar-refractivity contribution in [1.82, 2.24) is 10.2 Å². The molecule has 2 aromatic carbocycles. The topological polar surface area (TPSA) is 61.8 Å². The van der Waals surface area contributed by atoms with Crippen molar-refractivity contribution in [3.05, 3.63) is 65.7 Å². The van der Waals surface area contributed by atoms with Gasteiger partial charge in [-0.15, -0.1) is 0 Å². The van der Waals surface area contributed by atoms with Crippen molar-refractivity contribution in [2.75, 3.05) is 32.8 Å². The van der Waals surface area contributed by atoms with E-state index in [1.165, 1.54) is 17.7 Å². The third-order valence-corrected chi connectivity index (χ3v) is 4.51. The molecule has 1 aliphatic heterocycles. The summed E-state index contributed by atoms with van der Waals surface area (Å²) < 4.78 is 5.59. The molecular weight excluding hydrogens is 316 g/mol. The van der Waals surface area contributed by atoms with Gasteiger partial charge in [-0.05, 0) is 36.2 Å². The molecule has 1 unspecified atom stereocenters. The maximum absolute atomic E-state index is 12.2. The highest BCUT2D eigenvalue weighted by atomic mass is 16.5. The molecule has 1 atom stereocenters. The Hall–Kier alpha value is -2.37. The molecule has 0 saturated carbocycles. The number of nitrogens with one attached hydrogen (secondary N) is 1. The zero-order chi connectivity index (χ0) is 17.5. The molecule has 3 rings (SSSR count). The number of ether oxygens (including phenoxy) is 1. The molecule has 2 N–H and O–H groups in total. The van der Waals surface area contributed by atoms with Crippen LogP contribution in [0.2, 0.25) is 0 Å². The SMILES string of the molecule is O=C(NCC1COCCN1CCc1ccccc1)c1ccc(O)cc1. The highest BCUT2D eigenvalue weighted by Gasteiger charge is 2.23. The first-order valence-electron chi connectivity index (χ1n) is 8.65. The number of phenols is 1. The van der Waals surface area contributed by atoms with Crippen molar-refractivity contribution >= 4 is 5.91 Å². The number of morpholine rings is 1. The summed E-state index contributed by atoms with van der Waals surface area (Å²) >= 11 is 0. The van der Waals surface area contributed by atoms with E-state index in [1.54, 1.807) is 12.1 Å². The van der Waals surface area contributed by atoms with Gasteiger partial charge in [-0.2, -0.15) is 0 Å². The van der Waals surface area contributed by atoms with Crippen LogP contribution in [0.15, 0.2) is 54.6 Å². The molecule has 0 bridgehead atoms. The molecule has 1 aliphatic rings. The number of nitrogens with zero attached hydrogens (tertiary/aromatic N) is 1. The number of carbonyl (C=O) groups is 1. The maximum Gasteiger partial charge on any atom is 0.251 e. The van der Waals surface area contributed by atoms with E-state index in [4.69, 9.17) is 4.74 Å². The maximum atomic E-state index is 12.2. The van der Waals surface area contributed by atoms with Gasteiger partial charge in [-0.1, -0.05) is 30.3 Å². The fraction of sp³-hybridized carbons (Fsp3) is 0.350. The minimum absolute atomic E-state index is 0.131. The Morgan fingerprint density at radius 2 is 1.92 bits per heavy atom. The lowest BCUT2D eigenvalue weighted by Gasteiger charge is -2.35. The highest BCUT2D eigenvalue weighted by molar-refractivity contribution is 5.94. The molecule has 0 radical (unpaired) electrons. The van der Waals surface area contributed by atoms with Crippen LogP contribution >= 0.6 is 0 Å². The molecule has 1 saturated heterocycles. The van der Waals surface area contributed by atoms with Crippen LogP contribution in [-0.4, -0.2) is 54.8 Å². The van der Waals surface area contributed by atoms with E-state index in [0.717, 1.165) is 26.1 Å². The van der Waals surface area contributed by atoms with Crippen molar-refractivity contribution in [2.24, 2.45) is 0 Å². The Morgan fingerprint density at radius 1 is 1.16 bits per heavy atom. The lowest BCUT2D eigenvalue weighted by atomic mass is 10.1. The zero-order valence-electron chi connectivity index (χ0n) is 14.2. The number of rotatable bonds is 6. The number of hydrogen-bond acceptors (Lipinski definition) is 4. The molecule has 1 heterocycles. The number of amides is 1. The standard InChI is InChI=1S/C20H24N2O3/c23-19-8-6-17(7-9-19)20(24)21-14-18-15-25-13-12-22(18)11-10-16-4-2-1-3-5-16/h1-9,18,23H,10-15H2,(H,21,24). The summed E-state index contributed by atoms with van der Waals surface area (Å²) in [4.78, 5) is 14.6. The minimum atomic E-state index is -0.131. The van der Waals surface area contributed by atoms with Gasteiger partial charge in [-0.3, -0.25) is 9.69 Å². The fourth-order valence-electron chi connectivity index (χ4n) is 3.01. The van der Waals surface area contributed by atoms with Gasteiger partial charge in [0.15, 0.2) is 0 Å². The monoisotopic (exact) mass is 340 g/mol. The second-order valence-corrected chi connectivity index (χ2v) is 6.26. The van der Waals surface area contributed by atoms with Crippen LogP contribution in [0.25, 0.3) is 0 Å². The molecule has 5 nitrogen and oxygen atoms in total. The van der Waals surface area contributed by atoms with Crippen molar-refractivity contribution in [2.45, 2.75) is 12.5 Å². The van der Waals surface area contributed by atoms with E-state index in [0.29, 0.717) is 18.7 Å². The molecule has 132 valence electrons. The van der Waals surface area contributed by atoms with Gasteiger partial charge >= 0.3 is 0 Å². The Labute approximate surface area is 148 Å². The lowest BCUT2D eigenvalue weighted by Crippen LogP contribution is -2.51. The summed E-state index contributed by atoms with van der Waals surface area (Å²) in [5.41, 5.74) is 1.87. The van der Waals surface area contributed by atoms with Crippen molar-refractivity contribution in [3.63, 3.8) is 0 Å². The van der Waals surface area contributed by atoms with E-state index in [2.05, 4.69) is 34.5 Å². The average Bonchev–Trinajstić information content (AvgIpc) is 2.66. The average molecular weight is 340 g/mol. The summed E-state index contributed by atoms with van der Waals surface area (Å²) in [5, 5.41) is 12.3. The zero-order valence-corrected chi connectivity index (χ0v) is 14.2. The Bertz CT molecular complexity index is 673. The predicted octanol–water partition coefficient (Wildman–Crippen LogP) is 2.07. The molecule has 0 spiro atoms. The number of benzene rings is 2. The Kier molecular flexibility index (Phi) is 6.04. The first kappa shape index (κ1) is 17.5. The normalized spacial score (nSPS) is 18.0. The molecule has 0 aliphatic carbocycles. The van der Waals surface area contributed by atoms with Crippen LogP contribution in [0.5, 0.6) is 5.75 Å². The predicted molar refractivity (Wildman–Crippen MR) is 96.8 cm³/mol. The van der Waals surface area contributed by atoms with E-state index >= 15 is 0 Å². The third-order valence-electron chi connectivity index (χ3n) is 4.51. The van der Waals surface area contributed by atoms with Gasteiger partial charge in [0.2, 0.25) is 0 Å². The van der Waals surface area contributed by atoms with Crippen molar-refractivity contribution < 1.29 is 14.6 Å². The molecule has 2 aromatic rings. The van der Waals surface area contributed by atoms with E-state index < -0.39 is 0 Å². The molecule has 25 heavy (non-hydrogen) atoms. The molecule has 0 aromatic heterocycles. The van der Waals surface area contributed by atoms with E-state index in [-0.39, 0.29) is 17.7 Å². The second kappa shape index (κ2) is 8.65. The van der Waals surface area contributed by atoms with Gasteiger partial charge in [0, 0.05) is 25.2 Å². The molecule has 1 amide bonds. The minimum Gasteiger partial charge on any atom is -0.508 e. The Balaban J connectivity index is 1.52. The molecular formula is C20H24N2O3. The van der Waals surface area contributed by atoms with Gasteiger partial charge in [-0.25, -0.2) is 0 Å². The van der Waals surface area contributed by atoms with E-state index in [1.807, 2.05) is 6.07 Å². The third kappa shape index (κ3) is 5.05. The fourth-order valence-corrected chi connectivity index (χ4v) is 3.01. The summed E-state index contributed by atoms with van der Waals surface area (Å²) in [6.45, 7) is 3.75. The summed E-state index contributed by atoms with van der Waals surface area (Å²) in [6.07, 6.45) is 0.989. The number of carbonyl (C=O) groups excluding carboxylic acids is 1. The highest BCUT2D eigenvalue weighted by Crippen LogP contribution is 2.11. The van der Waals surface area contributed by atoms with Gasteiger partial charge < -0.3 is 15.2 Å². The van der Waals surface area contributed by atoms with Gasteiger partial charge in [0.05, 0.1) is 19.3 Å². The van der Waals surface area contributed by atoms with Gasteiger partial charge in [0.1, 0.15) is 5.75 Å². The lowest BCUT2D eigenvalue weighted by molar-refractivity contribution is -0.00579. The van der Waals surface area contributed by atoms with Crippen LogP contribution < -0.4 is 5.32 Å². The van der Waals surface area contributed by atoms with Crippen LogP contribution in [0, 0.1) is 0 Å². The summed E-state index contributed by atoms with van der Waals surface area (Å²) in [6, 6.07) is 16.9. The van der Waals surface area contributed by atoms with Gasteiger partial charge in [0.25, 0.3) is 5.91 Å². The first-order valence-corrected chi connectivity index (χ1v) is 8.65. The van der Waals surface area contributed by atoms with Crippen LogP contribution in [0.4, 0.5) is 0 Å². The van der Waals surface area contributed by atoms with Crippen LogP contribution in [-0.2, 0) is 11.2 Å². The van der Waals surface area contributed by atoms with Crippen molar-refractivity contribution in [1.29, 1.82) is 0 Å². The summed E-state index contributed by atoms with van der Waals surface area (Å²) in [5.74, 6) is 0.0258. The van der Waals surface area contributed by atoms with Crippen molar-refractivity contribution in [3.8, 4) is 5.75 Å². The molecule has 5 heteroatoms. The second-order valence-electron chi connectivity index (χ2n) is 6.26. The number of phenolic OH excluding ortho intramolecular Hbond substituents is 1. The quantitative estimate of drug-likeness (QED) is 0.845. The van der Waals surface area contributed by atoms with Crippen LogP contribution in [0.3, 0.4) is 0 Å². The van der Waals surface area contributed by atoms with Crippen LogP contribution in [0.1, 0.15) is 15.9 Å².